The van der Waals surface area contributed by atoms with E-state index >= 15 is 0 Å². The topological polar surface area (TPSA) is 66.4 Å². The molecule has 2 heterocycles. The molecule has 0 saturated carbocycles. The summed E-state index contributed by atoms with van der Waals surface area (Å²) >= 11 is 0. The number of hydrazone groups is 1. The lowest BCUT2D eigenvalue weighted by molar-refractivity contribution is -0.128. The van der Waals surface area contributed by atoms with Gasteiger partial charge in [0.2, 0.25) is 5.91 Å². The molecule has 0 radical (unpaired) electrons. The number of hydrogen-bond acceptors (Lipinski definition) is 6. The van der Waals surface area contributed by atoms with Crippen molar-refractivity contribution in [1.82, 2.24) is 15.2 Å². The Kier molecular flexibility index (Phi) is 8.41. The third kappa shape index (κ3) is 6.73. The van der Waals surface area contributed by atoms with Crippen LogP contribution in [0.2, 0.25) is 0 Å². The van der Waals surface area contributed by atoms with E-state index in [1.165, 1.54) is 11.1 Å². The van der Waals surface area contributed by atoms with Crippen molar-refractivity contribution in [2.75, 3.05) is 46.0 Å². The van der Waals surface area contributed by atoms with Gasteiger partial charge in [0.05, 0.1) is 37.4 Å². The molecule has 2 aliphatic heterocycles. The minimum atomic E-state index is 0.241. The average Bonchev–Trinajstić information content (AvgIpc) is 3.24. The van der Waals surface area contributed by atoms with Gasteiger partial charge in [0.25, 0.3) is 0 Å². The SMILES string of the molecule is C\C1=C(N/N=C/c2cccc(C)c2)/C=C(N2CCOCC2)\C=C(\OCCN2CCCC2=O)CC1. The second-order valence-corrected chi connectivity index (χ2v) is 9.09. The van der Waals surface area contributed by atoms with Crippen LogP contribution in [-0.2, 0) is 14.3 Å². The fourth-order valence-electron chi connectivity index (χ4n) is 4.40. The molecule has 7 nitrogen and oxygen atoms in total. The van der Waals surface area contributed by atoms with Crippen LogP contribution in [-0.4, -0.2) is 67.9 Å². The van der Waals surface area contributed by atoms with Gasteiger partial charge in [0.15, 0.2) is 0 Å². The summed E-state index contributed by atoms with van der Waals surface area (Å²) in [6.45, 7) is 9.38. The highest BCUT2D eigenvalue weighted by Crippen LogP contribution is 2.24. The number of carbonyl (C=O) groups excluding carboxylic acids is 1. The number of carbonyl (C=O) groups is 1. The predicted molar refractivity (Wildman–Crippen MR) is 134 cm³/mol. The molecule has 0 spiro atoms. The summed E-state index contributed by atoms with van der Waals surface area (Å²) in [5.74, 6) is 1.20. The predicted octanol–water partition coefficient (Wildman–Crippen LogP) is 3.73. The first-order valence-electron chi connectivity index (χ1n) is 12.3. The van der Waals surface area contributed by atoms with Gasteiger partial charge in [-0.25, -0.2) is 0 Å². The van der Waals surface area contributed by atoms with Crippen LogP contribution in [0.5, 0.6) is 0 Å². The van der Waals surface area contributed by atoms with Crippen LogP contribution < -0.4 is 5.43 Å². The molecular weight excluding hydrogens is 428 g/mol. The number of nitrogens with zero attached hydrogens (tertiary/aromatic N) is 3. The molecule has 0 unspecified atom stereocenters. The number of amides is 1. The van der Waals surface area contributed by atoms with E-state index < -0.39 is 0 Å². The van der Waals surface area contributed by atoms with Gasteiger partial charge in [0.1, 0.15) is 6.61 Å². The van der Waals surface area contributed by atoms with Crippen LogP contribution in [0, 0.1) is 6.92 Å². The zero-order chi connectivity index (χ0) is 23.8. The highest BCUT2D eigenvalue weighted by atomic mass is 16.5. The van der Waals surface area contributed by atoms with E-state index in [1.807, 2.05) is 17.2 Å². The van der Waals surface area contributed by atoms with Gasteiger partial charge in [-0.1, -0.05) is 29.8 Å². The lowest BCUT2D eigenvalue weighted by atomic mass is 10.0. The van der Waals surface area contributed by atoms with Gasteiger partial charge >= 0.3 is 0 Å². The summed E-state index contributed by atoms with van der Waals surface area (Å²) in [7, 11) is 0. The lowest BCUT2D eigenvalue weighted by Crippen LogP contribution is -2.35. The first-order valence-corrected chi connectivity index (χ1v) is 12.3. The first-order chi connectivity index (χ1) is 16.6. The standard InChI is InChI=1S/C27H36N4O3/c1-21-5-3-6-23(17-21)20-28-29-26-19-24(30-11-14-33-15-12-30)18-25(9-8-22(26)2)34-16-13-31-10-4-7-27(31)32/h3,5-6,17-20,29H,4,7-16H2,1-2H3/b24-19+,25-18+,26-22-,28-20+. The maximum absolute atomic E-state index is 11.9. The van der Waals surface area contributed by atoms with E-state index in [9.17, 15) is 4.79 Å². The molecule has 3 aliphatic rings. The molecule has 2 saturated heterocycles. The van der Waals surface area contributed by atoms with Gasteiger partial charge < -0.3 is 19.3 Å². The average molecular weight is 465 g/mol. The van der Waals surface area contributed by atoms with E-state index in [2.05, 4.69) is 59.6 Å². The van der Waals surface area contributed by atoms with Crippen molar-refractivity contribution in [3.63, 3.8) is 0 Å². The number of likely N-dealkylation sites (tertiary alicyclic amines) is 1. The Hall–Kier alpha value is -3.06. The minimum Gasteiger partial charge on any atom is -0.496 e. The second kappa shape index (κ2) is 11.9. The molecule has 1 aromatic carbocycles. The van der Waals surface area contributed by atoms with Crippen molar-refractivity contribution in [1.29, 1.82) is 0 Å². The van der Waals surface area contributed by atoms with E-state index in [-0.39, 0.29) is 5.91 Å². The fourth-order valence-corrected chi connectivity index (χ4v) is 4.40. The zero-order valence-electron chi connectivity index (χ0n) is 20.4. The summed E-state index contributed by atoms with van der Waals surface area (Å²) in [5, 5.41) is 4.52. The molecule has 0 atom stereocenters. The molecule has 1 amide bonds. The molecule has 34 heavy (non-hydrogen) atoms. The van der Waals surface area contributed by atoms with Crippen molar-refractivity contribution in [2.24, 2.45) is 5.10 Å². The molecule has 7 heteroatoms. The Morgan fingerprint density at radius 1 is 1.12 bits per heavy atom. The number of ether oxygens (including phenoxy) is 2. The Balaban J connectivity index is 1.47. The van der Waals surface area contributed by atoms with Gasteiger partial charge in [0, 0.05) is 38.2 Å². The van der Waals surface area contributed by atoms with Crippen molar-refractivity contribution in [3.05, 3.63) is 70.3 Å². The summed E-state index contributed by atoms with van der Waals surface area (Å²) in [4.78, 5) is 16.1. The van der Waals surface area contributed by atoms with Crippen LogP contribution in [0.25, 0.3) is 0 Å². The van der Waals surface area contributed by atoms with Crippen LogP contribution >= 0.6 is 0 Å². The Morgan fingerprint density at radius 2 is 1.97 bits per heavy atom. The number of nitrogens with one attached hydrogen (secondary N) is 1. The maximum Gasteiger partial charge on any atom is 0.222 e. The van der Waals surface area contributed by atoms with E-state index in [0.717, 1.165) is 74.8 Å². The first kappa shape index (κ1) is 24.1. The summed E-state index contributed by atoms with van der Waals surface area (Å²) in [5.41, 5.74) is 8.91. The normalized spacial score (nSPS) is 24.9. The highest BCUT2D eigenvalue weighted by molar-refractivity contribution is 5.79. The van der Waals surface area contributed by atoms with E-state index in [4.69, 9.17) is 9.47 Å². The third-order valence-corrected chi connectivity index (χ3v) is 6.44. The van der Waals surface area contributed by atoms with Crippen molar-refractivity contribution in [3.8, 4) is 0 Å². The third-order valence-electron chi connectivity index (χ3n) is 6.44. The lowest BCUT2D eigenvalue weighted by Gasteiger charge is -2.31. The summed E-state index contributed by atoms with van der Waals surface area (Å²) in [6, 6.07) is 8.29. The van der Waals surface area contributed by atoms with Gasteiger partial charge in [-0.2, -0.15) is 5.10 Å². The molecule has 0 bridgehead atoms. The number of morpholine rings is 1. The fraction of sp³-hybridized carbons (Fsp3) is 0.481. The summed E-state index contributed by atoms with van der Waals surface area (Å²) < 4.78 is 11.7. The van der Waals surface area contributed by atoms with Crippen LogP contribution in [0.3, 0.4) is 0 Å². The Bertz CT molecular complexity index is 989. The number of aryl methyl sites for hydroxylation is 1. The Morgan fingerprint density at radius 3 is 2.74 bits per heavy atom. The van der Waals surface area contributed by atoms with Crippen molar-refractivity contribution < 1.29 is 14.3 Å². The monoisotopic (exact) mass is 464 g/mol. The number of benzene rings is 1. The van der Waals surface area contributed by atoms with E-state index in [0.29, 0.717) is 19.6 Å². The van der Waals surface area contributed by atoms with Crippen LogP contribution in [0.1, 0.15) is 43.7 Å². The Labute approximate surface area is 202 Å². The van der Waals surface area contributed by atoms with Crippen LogP contribution in [0.4, 0.5) is 0 Å². The smallest absolute Gasteiger partial charge is 0.222 e. The largest absolute Gasteiger partial charge is 0.496 e. The summed E-state index contributed by atoms with van der Waals surface area (Å²) in [6.07, 6.45) is 9.49. The minimum absolute atomic E-state index is 0.241. The van der Waals surface area contributed by atoms with Crippen molar-refractivity contribution >= 4 is 12.1 Å². The van der Waals surface area contributed by atoms with Crippen molar-refractivity contribution in [2.45, 2.75) is 39.5 Å². The molecule has 1 N–H and O–H groups in total. The number of allylic oxidation sites excluding steroid dienone is 4. The molecule has 4 rings (SSSR count). The molecule has 0 aromatic heterocycles. The van der Waals surface area contributed by atoms with Gasteiger partial charge in [-0.05, 0) is 50.0 Å². The van der Waals surface area contributed by atoms with E-state index in [1.54, 1.807) is 0 Å². The van der Waals surface area contributed by atoms with Gasteiger partial charge in [-0.3, -0.25) is 10.2 Å². The van der Waals surface area contributed by atoms with Gasteiger partial charge in [-0.15, -0.1) is 0 Å². The van der Waals surface area contributed by atoms with Crippen LogP contribution in [0.15, 0.2) is 64.2 Å². The molecule has 1 aliphatic carbocycles. The molecular formula is C27H36N4O3. The number of rotatable bonds is 8. The molecule has 2 fully saturated rings. The molecule has 1 aromatic rings. The number of hydrogen-bond donors (Lipinski definition) is 1. The second-order valence-electron chi connectivity index (χ2n) is 9.09. The quantitative estimate of drug-likeness (QED) is 0.469. The molecule has 182 valence electrons. The highest BCUT2D eigenvalue weighted by Gasteiger charge is 2.20. The maximum atomic E-state index is 11.9. The zero-order valence-corrected chi connectivity index (χ0v) is 20.4.